The molecule has 0 radical (unpaired) electrons. The zero-order chi connectivity index (χ0) is 24.9. The summed E-state index contributed by atoms with van der Waals surface area (Å²) in [6.45, 7) is 5.09. The van der Waals surface area contributed by atoms with E-state index in [1.54, 1.807) is 0 Å². The highest BCUT2D eigenvalue weighted by Gasteiger charge is 2.38. The predicted molar refractivity (Wildman–Crippen MR) is 141 cm³/mol. The molecule has 1 saturated heterocycles. The van der Waals surface area contributed by atoms with Crippen LogP contribution in [0.5, 0.6) is 0 Å². The van der Waals surface area contributed by atoms with Crippen molar-refractivity contribution in [1.82, 2.24) is 0 Å². The van der Waals surface area contributed by atoms with Gasteiger partial charge >= 0.3 is 0 Å². The molecule has 2 unspecified atom stereocenters. The van der Waals surface area contributed by atoms with E-state index in [-0.39, 0.29) is 6.61 Å². The summed E-state index contributed by atoms with van der Waals surface area (Å²) in [5, 5.41) is 29.7. The van der Waals surface area contributed by atoms with E-state index in [9.17, 15) is 15.3 Å². The van der Waals surface area contributed by atoms with E-state index in [1.807, 2.05) is 0 Å². The van der Waals surface area contributed by atoms with Crippen LogP contribution in [0.1, 0.15) is 142 Å². The van der Waals surface area contributed by atoms with Gasteiger partial charge < -0.3 is 24.8 Å². The Labute approximate surface area is 211 Å². The molecule has 0 aromatic rings. The molecule has 0 bridgehead atoms. The van der Waals surface area contributed by atoms with Gasteiger partial charge in [-0.2, -0.15) is 0 Å². The summed E-state index contributed by atoms with van der Waals surface area (Å²) in [5.41, 5.74) is 0. The molecule has 1 aliphatic heterocycles. The van der Waals surface area contributed by atoms with Gasteiger partial charge in [0.2, 0.25) is 0 Å². The van der Waals surface area contributed by atoms with Gasteiger partial charge in [0.15, 0.2) is 6.29 Å². The van der Waals surface area contributed by atoms with Gasteiger partial charge in [0.25, 0.3) is 0 Å². The molecule has 5 heteroatoms. The zero-order valence-electron chi connectivity index (χ0n) is 22.6. The summed E-state index contributed by atoms with van der Waals surface area (Å²) in [4.78, 5) is 0. The maximum absolute atomic E-state index is 10.2. The van der Waals surface area contributed by atoms with E-state index < -0.39 is 24.6 Å². The lowest BCUT2D eigenvalue weighted by Gasteiger charge is -2.35. The first-order chi connectivity index (χ1) is 16.6. The lowest BCUT2D eigenvalue weighted by molar-refractivity contribution is -0.272. The fourth-order valence-electron chi connectivity index (χ4n) is 4.96. The minimum atomic E-state index is -1.20. The molecule has 0 aliphatic carbocycles. The van der Waals surface area contributed by atoms with Gasteiger partial charge in [-0.3, -0.25) is 0 Å². The van der Waals surface area contributed by atoms with Crippen molar-refractivity contribution in [3.63, 3.8) is 0 Å². The molecule has 1 fully saturated rings. The number of aliphatic hydroxyl groups is 3. The minimum Gasteiger partial charge on any atom is -0.388 e. The Balaban J connectivity index is 2.25. The van der Waals surface area contributed by atoms with Crippen molar-refractivity contribution < 1.29 is 24.8 Å². The molecule has 0 spiro atoms. The number of hydrogen-bond donors (Lipinski definition) is 3. The minimum absolute atomic E-state index is 0.00400. The first kappa shape index (κ1) is 31.8. The number of hydrogen-bond acceptors (Lipinski definition) is 5. The summed E-state index contributed by atoms with van der Waals surface area (Å²) in [5.74, 6) is 0.467. The quantitative estimate of drug-likeness (QED) is 0.137. The van der Waals surface area contributed by atoms with Crippen LogP contribution in [0, 0.1) is 5.92 Å². The highest BCUT2D eigenvalue weighted by Crippen LogP contribution is 2.23. The van der Waals surface area contributed by atoms with Crippen molar-refractivity contribution in [2.24, 2.45) is 5.92 Å². The normalized spacial score (nSPS) is 23.9. The molecule has 204 valence electrons. The van der Waals surface area contributed by atoms with Crippen LogP contribution in [-0.4, -0.2) is 53.1 Å². The van der Waals surface area contributed by atoms with Crippen molar-refractivity contribution in [3.05, 3.63) is 0 Å². The zero-order valence-corrected chi connectivity index (χ0v) is 22.6. The van der Waals surface area contributed by atoms with Crippen LogP contribution in [0.3, 0.4) is 0 Å². The first-order valence-electron chi connectivity index (χ1n) is 14.9. The molecule has 1 aliphatic rings. The fourth-order valence-corrected chi connectivity index (χ4v) is 4.96. The molecule has 0 aromatic heterocycles. The second-order valence-electron chi connectivity index (χ2n) is 10.7. The lowest BCUT2D eigenvalue weighted by atomic mass is 9.94. The maximum atomic E-state index is 10.2. The average molecular weight is 487 g/mol. The largest absolute Gasteiger partial charge is 0.388 e. The molecule has 1 rings (SSSR count). The van der Waals surface area contributed by atoms with Crippen molar-refractivity contribution in [1.29, 1.82) is 0 Å². The number of rotatable bonds is 23. The molecular formula is C29H58O5. The smallest absolute Gasteiger partial charge is 0.186 e. The molecule has 3 N–H and O–H groups in total. The monoisotopic (exact) mass is 486 g/mol. The van der Waals surface area contributed by atoms with Crippen LogP contribution in [0.25, 0.3) is 0 Å². The van der Waals surface area contributed by atoms with E-state index in [1.165, 1.54) is 116 Å². The van der Waals surface area contributed by atoms with Gasteiger partial charge in [-0.1, -0.05) is 129 Å². The van der Waals surface area contributed by atoms with Crippen LogP contribution in [0.15, 0.2) is 0 Å². The fraction of sp³-hybridized carbons (Fsp3) is 1.00. The van der Waals surface area contributed by atoms with E-state index in [0.717, 1.165) is 12.8 Å². The van der Waals surface area contributed by atoms with E-state index in [4.69, 9.17) is 9.47 Å². The molecule has 1 heterocycles. The Morgan fingerprint density at radius 3 is 1.47 bits per heavy atom. The molecule has 0 amide bonds. The molecular weight excluding hydrogens is 428 g/mol. The Kier molecular flexibility index (Phi) is 20.6. The van der Waals surface area contributed by atoms with Gasteiger partial charge in [-0.05, 0) is 18.8 Å². The van der Waals surface area contributed by atoms with Gasteiger partial charge in [0, 0.05) is 0 Å². The molecule has 5 atom stereocenters. The average Bonchev–Trinajstić information content (AvgIpc) is 2.84. The lowest BCUT2D eigenvalue weighted by Crippen LogP contribution is -2.53. The Morgan fingerprint density at radius 2 is 1.03 bits per heavy atom. The van der Waals surface area contributed by atoms with Crippen molar-refractivity contribution in [3.8, 4) is 0 Å². The highest BCUT2D eigenvalue weighted by atomic mass is 16.7. The van der Waals surface area contributed by atoms with Gasteiger partial charge in [-0.15, -0.1) is 0 Å². The highest BCUT2D eigenvalue weighted by molar-refractivity contribution is 4.82. The Morgan fingerprint density at radius 1 is 0.618 bits per heavy atom. The molecule has 34 heavy (non-hydrogen) atoms. The van der Waals surface area contributed by atoms with Crippen LogP contribution in [0.2, 0.25) is 0 Å². The number of unbranched alkanes of at least 4 members (excludes halogenated alkanes) is 16. The molecule has 0 aromatic carbocycles. The number of aliphatic hydroxyl groups excluding tert-OH is 3. The van der Waals surface area contributed by atoms with Crippen LogP contribution >= 0.6 is 0 Å². The Bertz CT molecular complexity index is 433. The second-order valence-corrected chi connectivity index (χ2v) is 10.7. The van der Waals surface area contributed by atoms with Crippen molar-refractivity contribution in [2.45, 2.75) is 167 Å². The Hall–Kier alpha value is -0.200. The first-order valence-corrected chi connectivity index (χ1v) is 14.9. The molecule has 5 nitrogen and oxygen atoms in total. The van der Waals surface area contributed by atoms with E-state index in [2.05, 4.69) is 13.8 Å². The van der Waals surface area contributed by atoms with Gasteiger partial charge in [-0.25, -0.2) is 0 Å². The number of ether oxygens (including phenoxy) is 2. The maximum Gasteiger partial charge on any atom is 0.186 e. The molecule has 0 saturated carbocycles. The van der Waals surface area contributed by atoms with Crippen LogP contribution in [-0.2, 0) is 9.47 Å². The predicted octanol–water partition coefficient (Wildman–Crippen LogP) is 6.90. The topological polar surface area (TPSA) is 79.2 Å². The van der Waals surface area contributed by atoms with Gasteiger partial charge in [0.05, 0.1) is 13.2 Å². The van der Waals surface area contributed by atoms with Crippen molar-refractivity contribution in [2.75, 3.05) is 13.2 Å². The summed E-state index contributed by atoms with van der Waals surface area (Å²) < 4.78 is 11.3. The standard InChI is InChI=1S/C29H58O5/c1-3-5-7-9-11-13-14-16-18-20-22-25(21-19-17-15-12-10-8-6-4-2)23-33-29-28(32)27(31)26(30)24-34-29/h25-32H,3-24H2,1-2H3/t25?,26-,27-,28+,29?/m0/s1. The summed E-state index contributed by atoms with van der Waals surface area (Å²) in [6.07, 6.45) is 22.1. The van der Waals surface area contributed by atoms with E-state index in [0.29, 0.717) is 12.5 Å². The summed E-state index contributed by atoms with van der Waals surface area (Å²) in [6, 6.07) is 0. The SMILES string of the molecule is CCCCCCCCCCCCC(CCCCCCCCCC)COC1OC[C@H](O)[C@H](O)[C@H]1O. The van der Waals surface area contributed by atoms with Crippen molar-refractivity contribution >= 4 is 0 Å². The summed E-state index contributed by atoms with van der Waals surface area (Å²) in [7, 11) is 0. The van der Waals surface area contributed by atoms with E-state index >= 15 is 0 Å². The van der Waals surface area contributed by atoms with Crippen LogP contribution in [0.4, 0.5) is 0 Å². The van der Waals surface area contributed by atoms with Crippen LogP contribution < -0.4 is 0 Å². The third-order valence-electron chi connectivity index (χ3n) is 7.38. The second kappa shape index (κ2) is 22.0. The van der Waals surface area contributed by atoms with Gasteiger partial charge in [0.1, 0.15) is 18.3 Å². The summed E-state index contributed by atoms with van der Waals surface area (Å²) >= 11 is 0. The third kappa shape index (κ3) is 15.7. The third-order valence-corrected chi connectivity index (χ3v) is 7.38.